The summed E-state index contributed by atoms with van der Waals surface area (Å²) in [4.78, 5) is 0. The Kier molecular flexibility index (Phi) is 3.83. The van der Waals surface area contributed by atoms with Crippen molar-refractivity contribution in [3.8, 4) is 11.4 Å². The molecule has 0 bridgehead atoms. The molecule has 0 spiro atoms. The third-order valence-electron chi connectivity index (χ3n) is 4.03. The van der Waals surface area contributed by atoms with Crippen molar-refractivity contribution in [2.75, 3.05) is 6.54 Å². The molecule has 1 unspecified atom stereocenters. The Morgan fingerprint density at radius 1 is 1.25 bits per heavy atom. The van der Waals surface area contributed by atoms with E-state index >= 15 is 0 Å². The fraction of sp³-hybridized carbons (Fsp3) is 0.500. The lowest BCUT2D eigenvalue weighted by Gasteiger charge is -2.25. The van der Waals surface area contributed by atoms with E-state index in [2.05, 4.69) is 58.2 Å². The van der Waals surface area contributed by atoms with Crippen molar-refractivity contribution in [3.63, 3.8) is 0 Å². The molecule has 3 rings (SSSR count). The Balaban J connectivity index is 2.04. The van der Waals surface area contributed by atoms with Gasteiger partial charge < -0.3 is 9.88 Å². The monoisotopic (exact) mass is 270 g/mol. The summed E-state index contributed by atoms with van der Waals surface area (Å²) in [5.41, 5.74) is 2.57. The molecule has 1 aliphatic rings. The molecule has 4 nitrogen and oxygen atoms in total. The maximum absolute atomic E-state index is 4.48. The molecule has 20 heavy (non-hydrogen) atoms. The molecule has 0 amide bonds. The van der Waals surface area contributed by atoms with Gasteiger partial charge in [-0.1, -0.05) is 44.5 Å². The van der Waals surface area contributed by atoms with Gasteiger partial charge in [-0.2, -0.15) is 0 Å². The lowest BCUT2D eigenvalue weighted by atomic mass is 10.0. The maximum Gasteiger partial charge on any atom is 0.164 e. The largest absolute Gasteiger partial charge is 0.308 e. The second kappa shape index (κ2) is 5.75. The third-order valence-corrected chi connectivity index (χ3v) is 4.03. The maximum atomic E-state index is 4.48. The van der Waals surface area contributed by atoms with Crippen molar-refractivity contribution in [2.45, 2.75) is 45.7 Å². The molecule has 106 valence electrons. The summed E-state index contributed by atoms with van der Waals surface area (Å²) < 4.78 is 2.30. The van der Waals surface area contributed by atoms with Gasteiger partial charge in [0.2, 0.25) is 0 Å². The van der Waals surface area contributed by atoms with Crippen LogP contribution in [0.1, 0.15) is 44.1 Å². The first kappa shape index (κ1) is 13.3. The fourth-order valence-corrected chi connectivity index (χ4v) is 3.00. The molecular weight excluding hydrogens is 248 g/mol. The summed E-state index contributed by atoms with van der Waals surface area (Å²) >= 11 is 0. The van der Waals surface area contributed by atoms with E-state index in [1.165, 1.54) is 11.1 Å². The molecule has 1 atom stereocenters. The quantitative estimate of drug-likeness (QED) is 0.929. The van der Waals surface area contributed by atoms with E-state index < -0.39 is 0 Å². The van der Waals surface area contributed by atoms with Crippen LogP contribution in [0.3, 0.4) is 0 Å². The van der Waals surface area contributed by atoms with Crippen LogP contribution in [0.15, 0.2) is 24.3 Å². The highest BCUT2D eigenvalue weighted by Gasteiger charge is 2.25. The second-order valence-electron chi connectivity index (χ2n) is 5.34. The zero-order valence-corrected chi connectivity index (χ0v) is 12.3. The standard InChI is InChI=1S/C16H22N4/c1-3-7-14-16-19-18-15(20(16)11-10-17-14)13-9-6-5-8-12(13)4-2/h5-6,8-9,14,17H,3-4,7,10-11H2,1-2H3. The summed E-state index contributed by atoms with van der Waals surface area (Å²) in [7, 11) is 0. The Morgan fingerprint density at radius 3 is 2.90 bits per heavy atom. The highest BCUT2D eigenvalue weighted by atomic mass is 15.3. The van der Waals surface area contributed by atoms with E-state index in [0.29, 0.717) is 6.04 Å². The molecule has 1 N–H and O–H groups in total. The Labute approximate surface area is 120 Å². The van der Waals surface area contributed by atoms with Crippen LogP contribution >= 0.6 is 0 Å². The number of hydrogen-bond donors (Lipinski definition) is 1. The summed E-state index contributed by atoms with van der Waals surface area (Å²) in [6.45, 7) is 6.35. The summed E-state index contributed by atoms with van der Waals surface area (Å²) in [5.74, 6) is 2.12. The van der Waals surface area contributed by atoms with Crippen molar-refractivity contribution >= 4 is 0 Å². The van der Waals surface area contributed by atoms with Gasteiger partial charge in [0.25, 0.3) is 0 Å². The molecule has 0 saturated carbocycles. The Morgan fingerprint density at radius 2 is 2.10 bits per heavy atom. The first-order valence-corrected chi connectivity index (χ1v) is 7.59. The summed E-state index contributed by atoms with van der Waals surface area (Å²) in [6, 6.07) is 8.87. The first-order valence-electron chi connectivity index (χ1n) is 7.59. The summed E-state index contributed by atoms with van der Waals surface area (Å²) in [6.07, 6.45) is 3.30. The zero-order valence-electron chi connectivity index (χ0n) is 12.3. The van der Waals surface area contributed by atoms with Crippen LogP contribution in [-0.4, -0.2) is 21.3 Å². The van der Waals surface area contributed by atoms with Gasteiger partial charge in [-0.05, 0) is 18.4 Å². The number of fused-ring (bicyclic) bond motifs is 1. The number of aryl methyl sites for hydroxylation is 1. The minimum atomic E-state index is 0.351. The molecule has 2 aromatic rings. The molecule has 0 saturated heterocycles. The molecule has 1 aliphatic heterocycles. The minimum absolute atomic E-state index is 0.351. The summed E-state index contributed by atoms with van der Waals surface area (Å²) in [5, 5.41) is 12.5. The smallest absolute Gasteiger partial charge is 0.164 e. The molecule has 1 aromatic heterocycles. The lowest BCUT2D eigenvalue weighted by molar-refractivity contribution is 0.394. The van der Waals surface area contributed by atoms with Gasteiger partial charge in [-0.25, -0.2) is 0 Å². The highest BCUT2D eigenvalue weighted by molar-refractivity contribution is 5.60. The van der Waals surface area contributed by atoms with Gasteiger partial charge in [-0.3, -0.25) is 0 Å². The molecule has 0 aliphatic carbocycles. The van der Waals surface area contributed by atoms with E-state index in [-0.39, 0.29) is 0 Å². The van der Waals surface area contributed by atoms with Crippen molar-refractivity contribution < 1.29 is 0 Å². The number of hydrogen-bond acceptors (Lipinski definition) is 3. The van der Waals surface area contributed by atoms with Gasteiger partial charge >= 0.3 is 0 Å². The third kappa shape index (κ3) is 2.24. The van der Waals surface area contributed by atoms with E-state index in [1.54, 1.807) is 0 Å². The fourth-order valence-electron chi connectivity index (χ4n) is 3.00. The highest BCUT2D eigenvalue weighted by Crippen LogP contribution is 2.28. The average molecular weight is 270 g/mol. The van der Waals surface area contributed by atoms with Crippen LogP contribution in [0.2, 0.25) is 0 Å². The number of benzene rings is 1. The predicted octanol–water partition coefficient (Wildman–Crippen LogP) is 2.95. The SMILES string of the molecule is CCCC1NCCn2c(-c3ccccc3CC)nnc21. The Hall–Kier alpha value is -1.68. The van der Waals surface area contributed by atoms with E-state index in [0.717, 1.165) is 44.0 Å². The van der Waals surface area contributed by atoms with Gasteiger partial charge in [0, 0.05) is 18.7 Å². The van der Waals surface area contributed by atoms with Gasteiger partial charge in [0.1, 0.15) is 0 Å². The molecule has 4 heteroatoms. The molecule has 2 heterocycles. The lowest BCUT2D eigenvalue weighted by Crippen LogP contribution is -2.33. The molecule has 0 radical (unpaired) electrons. The van der Waals surface area contributed by atoms with Crippen LogP contribution in [-0.2, 0) is 13.0 Å². The number of rotatable bonds is 4. The number of nitrogens with one attached hydrogen (secondary N) is 1. The van der Waals surface area contributed by atoms with Gasteiger partial charge in [0.05, 0.1) is 6.04 Å². The number of nitrogens with zero attached hydrogens (tertiary/aromatic N) is 3. The molecular formula is C16H22N4. The zero-order chi connectivity index (χ0) is 13.9. The topological polar surface area (TPSA) is 42.7 Å². The van der Waals surface area contributed by atoms with Crippen molar-refractivity contribution in [3.05, 3.63) is 35.7 Å². The number of aromatic nitrogens is 3. The van der Waals surface area contributed by atoms with Crippen LogP contribution < -0.4 is 5.32 Å². The van der Waals surface area contributed by atoms with Crippen molar-refractivity contribution in [1.82, 2.24) is 20.1 Å². The van der Waals surface area contributed by atoms with Gasteiger partial charge in [0.15, 0.2) is 11.6 Å². The van der Waals surface area contributed by atoms with Crippen molar-refractivity contribution in [1.29, 1.82) is 0 Å². The average Bonchev–Trinajstić information content (AvgIpc) is 2.92. The van der Waals surface area contributed by atoms with Crippen LogP contribution in [0.4, 0.5) is 0 Å². The normalized spacial score (nSPS) is 18.0. The van der Waals surface area contributed by atoms with Crippen molar-refractivity contribution in [2.24, 2.45) is 0 Å². The molecule has 0 fully saturated rings. The minimum Gasteiger partial charge on any atom is -0.308 e. The molecule has 1 aromatic carbocycles. The van der Waals surface area contributed by atoms with E-state index in [9.17, 15) is 0 Å². The van der Waals surface area contributed by atoms with Gasteiger partial charge in [-0.15, -0.1) is 10.2 Å². The van der Waals surface area contributed by atoms with Crippen LogP contribution in [0, 0.1) is 0 Å². The predicted molar refractivity (Wildman–Crippen MR) is 80.5 cm³/mol. The Bertz CT molecular complexity index is 588. The van der Waals surface area contributed by atoms with E-state index in [4.69, 9.17) is 0 Å². The second-order valence-corrected chi connectivity index (χ2v) is 5.34. The van der Waals surface area contributed by atoms with Crippen LogP contribution in [0.25, 0.3) is 11.4 Å². The van der Waals surface area contributed by atoms with Crippen LogP contribution in [0.5, 0.6) is 0 Å². The van der Waals surface area contributed by atoms with E-state index in [1.807, 2.05) is 0 Å². The first-order chi connectivity index (χ1) is 9.85.